The van der Waals surface area contributed by atoms with Gasteiger partial charge in [0.2, 0.25) is 11.8 Å². The Balaban J connectivity index is 1.44. The van der Waals surface area contributed by atoms with E-state index in [0.29, 0.717) is 22.8 Å². The first-order valence-corrected chi connectivity index (χ1v) is 9.21. The molecule has 0 saturated heterocycles. The van der Waals surface area contributed by atoms with Crippen LogP contribution in [0.1, 0.15) is 17.0 Å². The van der Waals surface area contributed by atoms with Crippen LogP contribution in [-0.4, -0.2) is 15.2 Å². The molecule has 0 radical (unpaired) electrons. The summed E-state index contributed by atoms with van der Waals surface area (Å²) < 4.78 is 11.6. The van der Waals surface area contributed by atoms with Gasteiger partial charge in [0, 0.05) is 11.1 Å². The number of thioether (sulfide) groups is 1. The van der Waals surface area contributed by atoms with Gasteiger partial charge in [-0.25, -0.2) is 4.98 Å². The van der Waals surface area contributed by atoms with Crippen molar-refractivity contribution in [2.24, 2.45) is 0 Å². The minimum Gasteiger partial charge on any atom is -0.440 e. The molecule has 0 bridgehead atoms. The van der Waals surface area contributed by atoms with E-state index in [1.165, 1.54) is 22.9 Å². The average molecular weight is 363 g/mol. The molecule has 0 fully saturated rings. The predicted octanol–water partition coefficient (Wildman–Crippen LogP) is 5.30. The highest BCUT2D eigenvalue weighted by molar-refractivity contribution is 7.98. The number of oxazole rings is 1. The SMILES string of the molecule is Cc1cc(C)cc(-c2nnc(SCc3ncc(-c4ccccc4)o3)o2)c1. The van der Waals surface area contributed by atoms with Gasteiger partial charge in [0.25, 0.3) is 5.22 Å². The van der Waals surface area contributed by atoms with Crippen molar-refractivity contribution in [3.05, 3.63) is 71.7 Å². The summed E-state index contributed by atoms with van der Waals surface area (Å²) in [5.74, 6) is 2.43. The van der Waals surface area contributed by atoms with Gasteiger partial charge in [-0.15, -0.1) is 10.2 Å². The number of rotatable bonds is 5. The molecule has 2 aromatic heterocycles. The summed E-state index contributed by atoms with van der Waals surface area (Å²) in [7, 11) is 0. The molecule has 0 unspecified atom stereocenters. The largest absolute Gasteiger partial charge is 0.440 e. The second-order valence-electron chi connectivity index (χ2n) is 6.02. The zero-order chi connectivity index (χ0) is 17.9. The van der Waals surface area contributed by atoms with Crippen molar-refractivity contribution in [1.29, 1.82) is 0 Å². The van der Waals surface area contributed by atoms with Gasteiger partial charge in [0.1, 0.15) is 0 Å². The van der Waals surface area contributed by atoms with Crippen molar-refractivity contribution in [2.75, 3.05) is 0 Å². The zero-order valence-electron chi connectivity index (χ0n) is 14.5. The first-order valence-electron chi connectivity index (χ1n) is 8.22. The van der Waals surface area contributed by atoms with E-state index in [0.717, 1.165) is 16.9 Å². The molecule has 6 heteroatoms. The third-order valence-electron chi connectivity index (χ3n) is 3.81. The van der Waals surface area contributed by atoms with Crippen LogP contribution in [0.4, 0.5) is 0 Å². The van der Waals surface area contributed by atoms with Crippen LogP contribution in [-0.2, 0) is 5.75 Å². The molecule has 130 valence electrons. The summed E-state index contributed by atoms with van der Waals surface area (Å²) in [5, 5.41) is 8.75. The number of nitrogens with zero attached hydrogens (tertiary/aromatic N) is 3. The zero-order valence-corrected chi connectivity index (χ0v) is 15.3. The Morgan fingerprint density at radius 2 is 1.65 bits per heavy atom. The monoisotopic (exact) mass is 363 g/mol. The molecule has 0 amide bonds. The average Bonchev–Trinajstić information content (AvgIpc) is 3.29. The maximum Gasteiger partial charge on any atom is 0.277 e. The smallest absolute Gasteiger partial charge is 0.277 e. The lowest BCUT2D eigenvalue weighted by Gasteiger charge is -2.00. The molecule has 0 N–H and O–H groups in total. The second-order valence-corrected chi connectivity index (χ2v) is 6.95. The quantitative estimate of drug-likeness (QED) is 0.448. The highest BCUT2D eigenvalue weighted by atomic mass is 32.2. The highest BCUT2D eigenvalue weighted by Gasteiger charge is 2.12. The molecule has 0 aliphatic heterocycles. The third-order valence-corrected chi connectivity index (χ3v) is 4.61. The normalized spacial score (nSPS) is 11.0. The molecule has 0 saturated carbocycles. The summed E-state index contributed by atoms with van der Waals surface area (Å²) in [6.07, 6.45) is 1.74. The molecular formula is C20H17N3O2S. The fraction of sp³-hybridized carbons (Fsp3) is 0.150. The van der Waals surface area contributed by atoms with Gasteiger partial charge in [0.15, 0.2) is 5.76 Å². The van der Waals surface area contributed by atoms with E-state index < -0.39 is 0 Å². The Morgan fingerprint density at radius 3 is 2.42 bits per heavy atom. The Morgan fingerprint density at radius 1 is 0.885 bits per heavy atom. The molecule has 4 aromatic rings. The maximum absolute atomic E-state index is 5.79. The highest BCUT2D eigenvalue weighted by Crippen LogP contribution is 2.28. The molecule has 5 nitrogen and oxygen atoms in total. The molecule has 0 aliphatic carbocycles. The first-order chi connectivity index (χ1) is 12.7. The van der Waals surface area contributed by atoms with Gasteiger partial charge >= 0.3 is 0 Å². The molecule has 4 rings (SSSR count). The summed E-state index contributed by atoms with van der Waals surface area (Å²) in [6.45, 7) is 4.10. The summed E-state index contributed by atoms with van der Waals surface area (Å²) >= 11 is 1.41. The van der Waals surface area contributed by atoms with Crippen LogP contribution in [0.2, 0.25) is 0 Å². The van der Waals surface area contributed by atoms with Crippen LogP contribution in [0, 0.1) is 13.8 Å². The van der Waals surface area contributed by atoms with Gasteiger partial charge in [-0.05, 0) is 26.0 Å². The lowest BCUT2D eigenvalue weighted by Crippen LogP contribution is -1.82. The Bertz CT molecular complexity index is 1000. The molecule has 2 aromatic carbocycles. The number of hydrogen-bond acceptors (Lipinski definition) is 6. The van der Waals surface area contributed by atoms with Gasteiger partial charge in [-0.3, -0.25) is 0 Å². The van der Waals surface area contributed by atoms with Crippen molar-refractivity contribution in [3.8, 4) is 22.8 Å². The third kappa shape index (κ3) is 3.70. The topological polar surface area (TPSA) is 65.0 Å². The van der Waals surface area contributed by atoms with Gasteiger partial charge in [-0.2, -0.15) is 0 Å². The number of aromatic nitrogens is 3. The van der Waals surface area contributed by atoms with E-state index in [-0.39, 0.29) is 0 Å². The van der Waals surface area contributed by atoms with Crippen LogP contribution in [0.15, 0.2) is 68.8 Å². The van der Waals surface area contributed by atoms with Gasteiger partial charge in [-0.1, -0.05) is 59.3 Å². The Labute approximate surface area is 155 Å². The Hall–Kier alpha value is -2.86. The standard InChI is InChI=1S/C20H17N3O2S/c1-13-8-14(2)10-16(9-13)19-22-23-20(25-19)26-12-18-21-11-17(24-18)15-6-4-3-5-7-15/h3-11H,12H2,1-2H3. The minimum absolute atomic E-state index is 0.499. The molecule has 26 heavy (non-hydrogen) atoms. The van der Waals surface area contributed by atoms with E-state index in [1.54, 1.807) is 6.20 Å². The number of hydrogen-bond donors (Lipinski definition) is 0. The molecule has 0 atom stereocenters. The molecule has 0 aliphatic rings. The van der Waals surface area contributed by atoms with E-state index in [2.05, 4.69) is 35.1 Å². The van der Waals surface area contributed by atoms with E-state index in [9.17, 15) is 0 Å². The van der Waals surface area contributed by atoms with Gasteiger partial charge in [0.05, 0.1) is 11.9 Å². The predicted molar refractivity (Wildman–Crippen MR) is 101 cm³/mol. The summed E-state index contributed by atoms with van der Waals surface area (Å²) in [5.41, 5.74) is 4.27. The summed E-state index contributed by atoms with van der Waals surface area (Å²) in [6, 6.07) is 16.1. The van der Waals surface area contributed by atoms with Crippen molar-refractivity contribution in [2.45, 2.75) is 24.8 Å². The minimum atomic E-state index is 0.499. The van der Waals surface area contributed by atoms with Gasteiger partial charge < -0.3 is 8.83 Å². The van der Waals surface area contributed by atoms with Crippen molar-refractivity contribution in [1.82, 2.24) is 15.2 Å². The van der Waals surface area contributed by atoms with Crippen LogP contribution in [0.25, 0.3) is 22.8 Å². The maximum atomic E-state index is 5.79. The van der Waals surface area contributed by atoms with E-state index in [4.69, 9.17) is 8.83 Å². The fourth-order valence-corrected chi connectivity index (χ4v) is 3.34. The first kappa shape index (κ1) is 16.6. The van der Waals surface area contributed by atoms with E-state index in [1.807, 2.05) is 42.5 Å². The Kier molecular flexibility index (Phi) is 4.58. The number of aryl methyl sites for hydroxylation is 2. The fourth-order valence-electron chi connectivity index (χ4n) is 2.72. The number of benzene rings is 2. The van der Waals surface area contributed by atoms with Crippen molar-refractivity contribution >= 4 is 11.8 Å². The van der Waals surface area contributed by atoms with Crippen LogP contribution >= 0.6 is 11.8 Å². The lowest BCUT2D eigenvalue weighted by atomic mass is 10.1. The van der Waals surface area contributed by atoms with Crippen LogP contribution < -0.4 is 0 Å². The van der Waals surface area contributed by atoms with Crippen molar-refractivity contribution < 1.29 is 8.83 Å². The molecular weight excluding hydrogens is 346 g/mol. The molecule has 2 heterocycles. The van der Waals surface area contributed by atoms with Crippen LogP contribution in [0.3, 0.4) is 0 Å². The summed E-state index contributed by atoms with van der Waals surface area (Å²) in [4.78, 5) is 4.32. The van der Waals surface area contributed by atoms with Crippen LogP contribution in [0.5, 0.6) is 0 Å². The molecule has 0 spiro atoms. The lowest BCUT2D eigenvalue weighted by molar-refractivity contribution is 0.464. The second kappa shape index (κ2) is 7.17. The van der Waals surface area contributed by atoms with E-state index >= 15 is 0 Å². The van der Waals surface area contributed by atoms with Crippen molar-refractivity contribution in [3.63, 3.8) is 0 Å².